The zero-order valence-corrected chi connectivity index (χ0v) is 13.5. The number of rotatable bonds is 7. The van der Waals surface area contributed by atoms with Gasteiger partial charge in [0.25, 0.3) is 0 Å². The van der Waals surface area contributed by atoms with Gasteiger partial charge in [0.1, 0.15) is 5.75 Å². The minimum Gasteiger partial charge on any atom is -0.494 e. The van der Waals surface area contributed by atoms with Gasteiger partial charge in [-0.2, -0.15) is 0 Å². The Balaban J connectivity index is 0.000000299. The molecule has 0 spiro atoms. The van der Waals surface area contributed by atoms with Gasteiger partial charge in [-0.15, -0.1) is 0 Å². The first kappa shape index (κ1) is 16.6. The number of aryl methyl sites for hydroxylation is 1. The first-order valence-electron chi connectivity index (χ1n) is 8.27. The highest BCUT2D eigenvalue weighted by Crippen LogP contribution is 2.17. The molecule has 0 amide bonds. The summed E-state index contributed by atoms with van der Waals surface area (Å²) in [5, 5.41) is 3.14. The second-order valence-corrected chi connectivity index (χ2v) is 5.67. The Morgan fingerprint density at radius 1 is 0.909 bits per heavy atom. The van der Waals surface area contributed by atoms with Crippen LogP contribution in [-0.2, 0) is 6.42 Å². The summed E-state index contributed by atoms with van der Waals surface area (Å²) >= 11 is 0. The summed E-state index contributed by atoms with van der Waals surface area (Å²) in [6.07, 6.45) is 6.21. The lowest BCUT2D eigenvalue weighted by atomic mass is 10.1. The van der Waals surface area contributed by atoms with Crippen LogP contribution in [0.2, 0.25) is 0 Å². The minimum atomic E-state index is 0.802. The van der Waals surface area contributed by atoms with Crippen molar-refractivity contribution in [2.24, 2.45) is 0 Å². The molecule has 1 aliphatic carbocycles. The molecule has 1 saturated carbocycles. The first-order valence-corrected chi connectivity index (χ1v) is 8.27. The molecule has 2 heteroatoms. The third-order valence-electron chi connectivity index (χ3n) is 3.70. The molecular formula is C20H27NO. The van der Waals surface area contributed by atoms with E-state index in [2.05, 4.69) is 35.6 Å². The average molecular weight is 297 g/mol. The monoisotopic (exact) mass is 297 g/mol. The summed E-state index contributed by atoms with van der Waals surface area (Å²) in [6, 6.07) is 21.5. The second-order valence-electron chi connectivity index (χ2n) is 5.67. The lowest BCUT2D eigenvalue weighted by Gasteiger charge is -2.05. The van der Waals surface area contributed by atoms with Gasteiger partial charge in [-0.05, 0) is 56.8 Å². The van der Waals surface area contributed by atoms with Crippen LogP contribution in [-0.4, -0.2) is 19.7 Å². The van der Waals surface area contributed by atoms with Gasteiger partial charge in [0.2, 0.25) is 0 Å². The summed E-state index contributed by atoms with van der Waals surface area (Å²) in [7, 11) is 2.01. The normalized spacial score (nSPS) is 13.1. The SMILES string of the molecule is CNC1CC1.c1ccc(CCCCOc2ccccc2)cc1. The molecule has 2 aromatic carbocycles. The van der Waals surface area contributed by atoms with Gasteiger partial charge in [0.05, 0.1) is 6.61 Å². The van der Waals surface area contributed by atoms with E-state index in [0.29, 0.717) is 0 Å². The highest BCUT2D eigenvalue weighted by molar-refractivity contribution is 5.20. The maximum atomic E-state index is 5.64. The number of unbranched alkanes of at least 4 members (excludes halogenated alkanes) is 1. The van der Waals surface area contributed by atoms with E-state index in [1.165, 1.54) is 24.8 Å². The Kier molecular flexibility index (Phi) is 7.54. The lowest BCUT2D eigenvalue weighted by molar-refractivity contribution is 0.307. The summed E-state index contributed by atoms with van der Waals surface area (Å²) in [4.78, 5) is 0. The van der Waals surface area contributed by atoms with Crippen LogP contribution >= 0.6 is 0 Å². The second kappa shape index (κ2) is 10.0. The third kappa shape index (κ3) is 7.28. The highest BCUT2D eigenvalue weighted by atomic mass is 16.5. The molecule has 1 N–H and O–H groups in total. The van der Waals surface area contributed by atoms with Crippen LogP contribution < -0.4 is 10.1 Å². The Bertz CT molecular complexity index is 452. The fourth-order valence-electron chi connectivity index (χ4n) is 2.15. The molecule has 22 heavy (non-hydrogen) atoms. The van der Waals surface area contributed by atoms with E-state index in [9.17, 15) is 0 Å². The highest BCUT2D eigenvalue weighted by Gasteiger charge is 2.17. The Morgan fingerprint density at radius 2 is 1.55 bits per heavy atom. The van der Waals surface area contributed by atoms with Crippen molar-refractivity contribution in [3.8, 4) is 5.75 Å². The number of benzene rings is 2. The van der Waals surface area contributed by atoms with Gasteiger partial charge in [0, 0.05) is 6.04 Å². The number of ether oxygens (including phenoxy) is 1. The van der Waals surface area contributed by atoms with Crippen LogP contribution in [0.4, 0.5) is 0 Å². The van der Waals surface area contributed by atoms with Crippen molar-refractivity contribution in [3.05, 3.63) is 66.2 Å². The number of hydrogen-bond donors (Lipinski definition) is 1. The molecule has 1 aliphatic rings. The number of para-hydroxylation sites is 1. The van der Waals surface area contributed by atoms with Gasteiger partial charge in [0.15, 0.2) is 0 Å². The van der Waals surface area contributed by atoms with Crippen LogP contribution in [0, 0.1) is 0 Å². The van der Waals surface area contributed by atoms with Gasteiger partial charge in [-0.3, -0.25) is 0 Å². The summed E-state index contributed by atoms with van der Waals surface area (Å²) in [5.41, 5.74) is 1.41. The summed E-state index contributed by atoms with van der Waals surface area (Å²) in [5.74, 6) is 0.965. The minimum absolute atomic E-state index is 0.802. The molecule has 1 fully saturated rings. The Labute approximate surface area is 134 Å². The molecule has 0 aliphatic heterocycles. The van der Waals surface area contributed by atoms with Gasteiger partial charge >= 0.3 is 0 Å². The van der Waals surface area contributed by atoms with E-state index in [1.54, 1.807) is 0 Å². The smallest absolute Gasteiger partial charge is 0.119 e. The van der Waals surface area contributed by atoms with Crippen molar-refractivity contribution in [3.63, 3.8) is 0 Å². The maximum absolute atomic E-state index is 5.64. The van der Waals surface area contributed by atoms with E-state index < -0.39 is 0 Å². The first-order chi connectivity index (χ1) is 10.9. The van der Waals surface area contributed by atoms with Crippen molar-refractivity contribution in [1.82, 2.24) is 5.32 Å². The quantitative estimate of drug-likeness (QED) is 0.762. The third-order valence-corrected chi connectivity index (χ3v) is 3.70. The predicted molar refractivity (Wildman–Crippen MR) is 93.4 cm³/mol. The van der Waals surface area contributed by atoms with E-state index >= 15 is 0 Å². The molecule has 2 nitrogen and oxygen atoms in total. The van der Waals surface area contributed by atoms with Crippen molar-refractivity contribution in [1.29, 1.82) is 0 Å². The molecule has 0 bridgehead atoms. The molecular weight excluding hydrogens is 270 g/mol. The predicted octanol–water partition coefficient (Wildman–Crippen LogP) is 4.46. The van der Waals surface area contributed by atoms with E-state index in [4.69, 9.17) is 4.74 Å². The van der Waals surface area contributed by atoms with Crippen LogP contribution in [0.15, 0.2) is 60.7 Å². The van der Waals surface area contributed by atoms with Crippen LogP contribution in [0.3, 0.4) is 0 Å². The molecule has 0 heterocycles. The Hall–Kier alpha value is -1.80. The number of hydrogen-bond acceptors (Lipinski definition) is 2. The zero-order valence-electron chi connectivity index (χ0n) is 13.5. The van der Waals surface area contributed by atoms with E-state index in [0.717, 1.165) is 31.2 Å². The van der Waals surface area contributed by atoms with Crippen molar-refractivity contribution < 1.29 is 4.74 Å². The molecule has 0 unspecified atom stereocenters. The fourth-order valence-corrected chi connectivity index (χ4v) is 2.15. The zero-order chi connectivity index (χ0) is 15.5. The van der Waals surface area contributed by atoms with Crippen LogP contribution in [0.5, 0.6) is 5.75 Å². The molecule has 118 valence electrons. The van der Waals surface area contributed by atoms with Crippen molar-refractivity contribution in [2.75, 3.05) is 13.7 Å². The summed E-state index contributed by atoms with van der Waals surface area (Å²) < 4.78 is 5.64. The van der Waals surface area contributed by atoms with Gasteiger partial charge in [-0.25, -0.2) is 0 Å². The van der Waals surface area contributed by atoms with E-state index in [1.807, 2.05) is 37.4 Å². The molecule has 2 aromatic rings. The molecule has 3 rings (SSSR count). The molecule has 0 radical (unpaired) electrons. The molecule has 0 aromatic heterocycles. The fraction of sp³-hybridized carbons (Fsp3) is 0.400. The van der Waals surface area contributed by atoms with Crippen molar-refractivity contribution >= 4 is 0 Å². The Morgan fingerprint density at radius 3 is 2.09 bits per heavy atom. The average Bonchev–Trinajstić information content (AvgIpc) is 3.41. The largest absolute Gasteiger partial charge is 0.494 e. The van der Waals surface area contributed by atoms with Crippen LogP contribution in [0.25, 0.3) is 0 Å². The van der Waals surface area contributed by atoms with Gasteiger partial charge < -0.3 is 10.1 Å². The standard InChI is InChI=1S/C16H18O.C4H9N/c1-3-9-15(10-4-1)11-7-8-14-17-16-12-5-2-6-13-16;1-5-4-2-3-4/h1-6,9-10,12-13H,7-8,11,14H2;4-5H,2-3H2,1H3. The maximum Gasteiger partial charge on any atom is 0.119 e. The van der Waals surface area contributed by atoms with Crippen molar-refractivity contribution in [2.45, 2.75) is 38.1 Å². The molecule has 0 atom stereocenters. The lowest BCUT2D eigenvalue weighted by Crippen LogP contribution is -2.06. The number of nitrogens with one attached hydrogen (secondary N) is 1. The topological polar surface area (TPSA) is 21.3 Å². The van der Waals surface area contributed by atoms with Gasteiger partial charge in [-0.1, -0.05) is 48.5 Å². The van der Waals surface area contributed by atoms with E-state index in [-0.39, 0.29) is 0 Å². The molecule has 0 saturated heterocycles. The summed E-state index contributed by atoms with van der Waals surface area (Å²) in [6.45, 7) is 0.802. The van der Waals surface area contributed by atoms with Crippen LogP contribution in [0.1, 0.15) is 31.2 Å².